The fourth-order valence-electron chi connectivity index (χ4n) is 4.55. The first-order valence-corrected chi connectivity index (χ1v) is 12.3. The number of nitrogens with two attached hydrogens (primary N) is 1. The summed E-state index contributed by atoms with van der Waals surface area (Å²) in [5, 5.41) is 9.94. The molecule has 0 saturated heterocycles. The first-order chi connectivity index (χ1) is 16.3. The van der Waals surface area contributed by atoms with Gasteiger partial charge in [0.05, 0.1) is 18.2 Å². The fourth-order valence-corrected chi connectivity index (χ4v) is 6.46. The van der Waals surface area contributed by atoms with Crippen molar-refractivity contribution in [2.24, 2.45) is 5.73 Å². The van der Waals surface area contributed by atoms with Crippen molar-refractivity contribution in [1.29, 1.82) is 5.26 Å². The average molecular weight is 470 g/mol. The Labute approximate surface area is 199 Å². The predicted octanol–water partition coefficient (Wildman–Crippen LogP) is 4.83. The Balaban J connectivity index is 1.76. The zero-order valence-electron chi connectivity index (χ0n) is 18.8. The third-order valence-corrected chi connectivity index (χ3v) is 8.06. The van der Waals surface area contributed by atoms with Gasteiger partial charge in [-0.05, 0) is 37.1 Å². The van der Waals surface area contributed by atoms with Crippen LogP contribution in [0.5, 0.6) is 0 Å². The van der Waals surface area contributed by atoms with Gasteiger partial charge in [-0.2, -0.15) is 5.26 Å². The van der Waals surface area contributed by atoms with Crippen LogP contribution >= 0.6 is 0 Å². The van der Waals surface area contributed by atoms with E-state index in [1.54, 1.807) is 12.1 Å². The summed E-state index contributed by atoms with van der Waals surface area (Å²) in [6.07, 6.45) is 0. The van der Waals surface area contributed by atoms with Gasteiger partial charge in [0.25, 0.3) is 10.0 Å². The van der Waals surface area contributed by atoms with Gasteiger partial charge in [-0.25, -0.2) is 8.42 Å². The quantitative estimate of drug-likeness (QED) is 0.593. The molecule has 170 valence electrons. The van der Waals surface area contributed by atoms with Gasteiger partial charge in [0.1, 0.15) is 16.5 Å². The van der Waals surface area contributed by atoms with Crippen molar-refractivity contribution in [3.8, 4) is 6.07 Å². The Morgan fingerprint density at radius 3 is 2.44 bits per heavy atom. The van der Waals surface area contributed by atoms with E-state index in [1.165, 1.54) is 4.31 Å². The van der Waals surface area contributed by atoms with Gasteiger partial charge >= 0.3 is 0 Å². The highest BCUT2D eigenvalue weighted by Gasteiger charge is 2.47. The van der Waals surface area contributed by atoms with E-state index in [4.69, 9.17) is 10.5 Å². The standard InChI is InChI=1S/C27H23N3O3S/c1-17-10-12-20(13-11-17)24-22(15-28)27(29)33-25-21-8-3-4-9-23(21)30(34(31,32)26(24)25)16-19-7-5-6-18(2)14-19/h3-14,24H,16,29H2,1-2H3/t24-/m0/s1. The van der Waals surface area contributed by atoms with Crippen LogP contribution in [0.15, 0.2) is 89.2 Å². The van der Waals surface area contributed by atoms with Crippen molar-refractivity contribution >= 4 is 21.5 Å². The van der Waals surface area contributed by atoms with Crippen LogP contribution in [-0.4, -0.2) is 8.42 Å². The van der Waals surface area contributed by atoms with Crippen LogP contribution < -0.4 is 10.0 Å². The molecule has 0 saturated carbocycles. The Hall–Kier alpha value is -4.02. The molecule has 5 rings (SSSR count). The van der Waals surface area contributed by atoms with Gasteiger partial charge < -0.3 is 10.5 Å². The summed E-state index contributed by atoms with van der Waals surface area (Å²) < 4.78 is 35.7. The number of hydrogen-bond donors (Lipinski definition) is 1. The number of para-hydroxylation sites is 1. The molecule has 0 amide bonds. The lowest BCUT2D eigenvalue weighted by Crippen LogP contribution is -2.39. The van der Waals surface area contributed by atoms with Crippen molar-refractivity contribution in [3.63, 3.8) is 0 Å². The molecule has 2 aliphatic rings. The van der Waals surface area contributed by atoms with E-state index in [0.29, 0.717) is 16.8 Å². The predicted molar refractivity (Wildman–Crippen MR) is 131 cm³/mol. The molecule has 0 fully saturated rings. The van der Waals surface area contributed by atoms with Crippen LogP contribution in [0.4, 0.5) is 5.69 Å². The topological polar surface area (TPSA) is 96.4 Å². The maximum Gasteiger partial charge on any atom is 0.265 e. The van der Waals surface area contributed by atoms with Gasteiger partial charge in [-0.1, -0.05) is 71.8 Å². The molecule has 6 nitrogen and oxygen atoms in total. The Morgan fingerprint density at radius 1 is 1.00 bits per heavy atom. The summed E-state index contributed by atoms with van der Waals surface area (Å²) in [6, 6.07) is 24.5. The molecule has 7 heteroatoms. The molecule has 2 N–H and O–H groups in total. The second-order valence-corrected chi connectivity index (χ2v) is 10.4. The average Bonchev–Trinajstić information content (AvgIpc) is 2.81. The van der Waals surface area contributed by atoms with E-state index in [2.05, 4.69) is 6.07 Å². The number of sulfonamides is 1. The molecular formula is C27H23N3O3S. The lowest BCUT2D eigenvalue weighted by atomic mass is 9.88. The molecule has 0 aromatic heterocycles. The highest BCUT2D eigenvalue weighted by molar-refractivity contribution is 7.96. The first-order valence-electron chi connectivity index (χ1n) is 10.9. The number of allylic oxidation sites excluding steroid dienone is 2. The maximum atomic E-state index is 14.2. The third kappa shape index (κ3) is 3.44. The van der Waals surface area contributed by atoms with Gasteiger partial charge in [0.15, 0.2) is 5.76 Å². The molecule has 34 heavy (non-hydrogen) atoms. The van der Waals surface area contributed by atoms with Crippen molar-refractivity contribution < 1.29 is 13.2 Å². The summed E-state index contributed by atoms with van der Waals surface area (Å²) in [5.41, 5.74) is 11.0. The summed E-state index contributed by atoms with van der Waals surface area (Å²) in [7, 11) is -4.08. The third-order valence-electron chi connectivity index (χ3n) is 6.18. The Bertz CT molecular complexity index is 1510. The zero-order valence-corrected chi connectivity index (χ0v) is 19.6. The smallest absolute Gasteiger partial charge is 0.265 e. The number of benzene rings is 3. The van der Waals surface area contributed by atoms with E-state index >= 15 is 0 Å². The fraction of sp³-hybridized carbons (Fsp3) is 0.148. The number of fused-ring (bicyclic) bond motifs is 2. The monoisotopic (exact) mass is 469 g/mol. The first kappa shape index (κ1) is 21.8. The normalized spacial score (nSPS) is 18.6. The molecule has 3 aromatic carbocycles. The van der Waals surface area contributed by atoms with Crippen molar-refractivity contribution in [2.75, 3.05) is 4.31 Å². The molecular weight excluding hydrogens is 446 g/mol. The van der Waals surface area contributed by atoms with E-state index in [0.717, 1.165) is 16.7 Å². The molecule has 1 atom stereocenters. The second kappa shape index (κ2) is 8.08. The van der Waals surface area contributed by atoms with Gasteiger partial charge in [0.2, 0.25) is 5.88 Å². The molecule has 0 bridgehead atoms. The number of anilines is 1. The maximum absolute atomic E-state index is 14.2. The molecule has 0 aliphatic carbocycles. The van der Waals surface area contributed by atoms with E-state index in [-0.39, 0.29) is 28.7 Å². The summed E-state index contributed by atoms with van der Waals surface area (Å²) in [6.45, 7) is 4.07. The van der Waals surface area contributed by atoms with Crippen LogP contribution in [0, 0.1) is 25.2 Å². The zero-order chi connectivity index (χ0) is 24.0. The highest BCUT2D eigenvalue weighted by atomic mass is 32.2. The second-order valence-electron chi connectivity index (χ2n) is 8.55. The van der Waals surface area contributed by atoms with Crippen molar-refractivity contribution in [3.05, 3.63) is 117 Å². The van der Waals surface area contributed by atoms with E-state index in [9.17, 15) is 13.7 Å². The van der Waals surface area contributed by atoms with Crippen LogP contribution in [-0.2, 0) is 21.3 Å². The van der Waals surface area contributed by atoms with E-state index < -0.39 is 15.9 Å². The molecule has 0 spiro atoms. The minimum Gasteiger partial charge on any atom is -0.439 e. The van der Waals surface area contributed by atoms with Crippen LogP contribution in [0.1, 0.15) is 33.7 Å². The lowest BCUT2D eigenvalue weighted by Gasteiger charge is -2.38. The Morgan fingerprint density at radius 2 is 1.74 bits per heavy atom. The molecule has 0 radical (unpaired) electrons. The molecule has 2 aliphatic heterocycles. The summed E-state index contributed by atoms with van der Waals surface area (Å²) >= 11 is 0. The number of rotatable bonds is 3. The summed E-state index contributed by atoms with van der Waals surface area (Å²) in [4.78, 5) is 0.0356. The minimum atomic E-state index is -4.08. The van der Waals surface area contributed by atoms with E-state index in [1.807, 2.05) is 74.5 Å². The SMILES string of the molecule is Cc1ccc([C@H]2C(C#N)=C(N)OC3=C2S(=O)(=O)N(Cc2cccc(C)c2)c2ccccc23)cc1. The highest BCUT2D eigenvalue weighted by Crippen LogP contribution is 2.51. The number of hydrogen-bond acceptors (Lipinski definition) is 5. The summed E-state index contributed by atoms with van der Waals surface area (Å²) in [5.74, 6) is -0.769. The van der Waals surface area contributed by atoms with Crippen LogP contribution in [0.25, 0.3) is 5.76 Å². The number of ether oxygens (including phenoxy) is 1. The van der Waals surface area contributed by atoms with Gasteiger partial charge in [-0.15, -0.1) is 0 Å². The lowest BCUT2D eigenvalue weighted by molar-refractivity contribution is 0.357. The Kier molecular flexibility index (Phi) is 5.18. The van der Waals surface area contributed by atoms with Crippen LogP contribution in [0.3, 0.4) is 0 Å². The van der Waals surface area contributed by atoms with Crippen molar-refractivity contribution in [1.82, 2.24) is 0 Å². The van der Waals surface area contributed by atoms with Crippen molar-refractivity contribution in [2.45, 2.75) is 26.3 Å². The minimum absolute atomic E-state index is 0.0356. The molecule has 0 unspecified atom stereocenters. The van der Waals surface area contributed by atoms with Crippen LogP contribution in [0.2, 0.25) is 0 Å². The number of nitriles is 1. The van der Waals surface area contributed by atoms with Gasteiger partial charge in [-0.3, -0.25) is 4.31 Å². The van der Waals surface area contributed by atoms with Gasteiger partial charge in [0, 0.05) is 5.56 Å². The largest absolute Gasteiger partial charge is 0.439 e. The number of aryl methyl sites for hydroxylation is 2. The number of nitrogens with zero attached hydrogens (tertiary/aromatic N) is 2. The molecule has 3 aromatic rings. The molecule has 2 heterocycles.